The molecule has 3 aromatic rings. The van der Waals surface area contributed by atoms with Crippen molar-refractivity contribution in [1.29, 1.82) is 5.26 Å². The molecule has 0 unspecified atom stereocenters. The third-order valence-electron chi connectivity index (χ3n) is 5.48. The van der Waals surface area contributed by atoms with Gasteiger partial charge in [0.15, 0.2) is 17.3 Å². The number of benzene rings is 1. The van der Waals surface area contributed by atoms with E-state index in [-0.39, 0.29) is 12.0 Å². The van der Waals surface area contributed by atoms with Gasteiger partial charge < -0.3 is 20.1 Å². The Labute approximate surface area is 208 Å². The van der Waals surface area contributed by atoms with Crippen LogP contribution in [0.25, 0.3) is 6.08 Å². The highest BCUT2D eigenvalue weighted by Crippen LogP contribution is 2.35. The van der Waals surface area contributed by atoms with E-state index < -0.39 is 0 Å². The summed E-state index contributed by atoms with van der Waals surface area (Å²) in [6, 6.07) is 12.5. The highest BCUT2D eigenvalue weighted by Gasteiger charge is 2.20. The summed E-state index contributed by atoms with van der Waals surface area (Å²) < 4.78 is 11.7. The second kappa shape index (κ2) is 11.4. The fourth-order valence-corrected chi connectivity index (χ4v) is 3.91. The normalized spacial score (nSPS) is 13.4. The number of carbonyl (C=O) groups is 1. The van der Waals surface area contributed by atoms with Gasteiger partial charge in [-0.25, -0.2) is 9.97 Å². The molecule has 2 aromatic heterocycles. The average molecular weight is 490 g/mol. The van der Waals surface area contributed by atoms with Gasteiger partial charge in [-0.15, -0.1) is 0 Å². The van der Waals surface area contributed by atoms with E-state index in [4.69, 9.17) is 26.3 Å². The molecule has 1 aliphatic rings. The van der Waals surface area contributed by atoms with Gasteiger partial charge in [-0.2, -0.15) is 5.26 Å². The first-order valence-electron chi connectivity index (χ1n) is 11.2. The third-order valence-corrected chi connectivity index (χ3v) is 5.69. The molecular weight excluding hydrogens is 466 g/mol. The molecule has 9 heteroatoms. The number of methoxy groups -OCH3 is 1. The van der Waals surface area contributed by atoms with Crippen LogP contribution in [0.4, 0.5) is 17.3 Å². The van der Waals surface area contributed by atoms with Crippen molar-refractivity contribution in [3.05, 3.63) is 71.0 Å². The Bertz CT molecular complexity index is 1260. The van der Waals surface area contributed by atoms with Gasteiger partial charge in [0.1, 0.15) is 11.9 Å². The van der Waals surface area contributed by atoms with Crippen LogP contribution < -0.4 is 20.1 Å². The van der Waals surface area contributed by atoms with Gasteiger partial charge in [0, 0.05) is 24.0 Å². The van der Waals surface area contributed by atoms with E-state index >= 15 is 0 Å². The Morgan fingerprint density at radius 1 is 1.20 bits per heavy atom. The third kappa shape index (κ3) is 6.28. The second-order valence-electron chi connectivity index (χ2n) is 7.94. The van der Waals surface area contributed by atoms with Crippen LogP contribution in [-0.2, 0) is 4.79 Å². The van der Waals surface area contributed by atoms with Crippen LogP contribution in [0, 0.1) is 11.3 Å². The minimum Gasteiger partial charge on any atom is -0.493 e. The lowest BCUT2D eigenvalue weighted by atomic mass is 10.1. The van der Waals surface area contributed by atoms with E-state index in [9.17, 15) is 4.79 Å². The molecule has 0 aliphatic heterocycles. The van der Waals surface area contributed by atoms with Crippen molar-refractivity contribution in [3.63, 3.8) is 0 Å². The van der Waals surface area contributed by atoms with Crippen LogP contribution >= 0.6 is 11.6 Å². The molecule has 2 N–H and O–H groups in total. The predicted molar refractivity (Wildman–Crippen MR) is 135 cm³/mol. The number of anilines is 3. The second-order valence-corrected chi connectivity index (χ2v) is 8.38. The maximum Gasteiger partial charge on any atom is 0.248 e. The van der Waals surface area contributed by atoms with E-state index in [1.807, 2.05) is 24.3 Å². The number of nitriles is 1. The van der Waals surface area contributed by atoms with Crippen LogP contribution in [0.2, 0.25) is 5.02 Å². The molecule has 35 heavy (non-hydrogen) atoms. The topological polar surface area (TPSA) is 109 Å². The van der Waals surface area contributed by atoms with Crippen LogP contribution in [0.3, 0.4) is 0 Å². The maximum atomic E-state index is 12.8. The number of rotatable bonds is 8. The fourth-order valence-electron chi connectivity index (χ4n) is 3.75. The lowest BCUT2D eigenvalue weighted by molar-refractivity contribution is -0.111. The molecule has 2 heterocycles. The summed E-state index contributed by atoms with van der Waals surface area (Å²) in [6.45, 7) is 0. The summed E-state index contributed by atoms with van der Waals surface area (Å²) in [5.74, 6) is 1.71. The van der Waals surface area contributed by atoms with Gasteiger partial charge in [-0.05, 0) is 56.0 Å². The summed E-state index contributed by atoms with van der Waals surface area (Å²) in [7, 11) is 1.60. The number of carbonyl (C=O) groups excluding carboxylic acids is 1. The van der Waals surface area contributed by atoms with E-state index in [0.717, 1.165) is 31.2 Å². The largest absolute Gasteiger partial charge is 0.493 e. The molecular formula is C26H24ClN5O3. The van der Waals surface area contributed by atoms with Gasteiger partial charge in [-0.3, -0.25) is 4.79 Å². The fraction of sp³-hybridized carbons (Fsp3) is 0.231. The van der Waals surface area contributed by atoms with Crippen LogP contribution in [0.5, 0.6) is 11.5 Å². The highest BCUT2D eigenvalue weighted by atomic mass is 35.5. The number of ether oxygens (including phenoxy) is 2. The average Bonchev–Trinajstić information content (AvgIpc) is 3.38. The summed E-state index contributed by atoms with van der Waals surface area (Å²) in [5, 5.41) is 15.1. The summed E-state index contributed by atoms with van der Waals surface area (Å²) in [6.07, 6.45) is 10.5. The summed E-state index contributed by atoms with van der Waals surface area (Å²) in [4.78, 5) is 21.2. The number of nitrogens with one attached hydrogen (secondary N) is 2. The first-order valence-corrected chi connectivity index (χ1v) is 11.5. The standard InChI is InChI=1S/C26H24ClN5O3/c1-34-22-8-4-5-18(25(22)35-20-6-2-3-7-20)10-12-24(33)31-21-13-19(27)16-30-26(21)32-23-11-9-17(14-28)15-29-23/h4-5,8-13,15-16,20H,2-3,6-7H2,1H3,(H,31,33)(H,29,30,32). The number of hydrogen-bond acceptors (Lipinski definition) is 7. The monoisotopic (exact) mass is 489 g/mol. The van der Waals surface area contributed by atoms with Crippen molar-refractivity contribution in [2.24, 2.45) is 0 Å². The quantitative estimate of drug-likeness (QED) is 0.389. The van der Waals surface area contributed by atoms with Gasteiger partial charge in [0.2, 0.25) is 5.91 Å². The number of aromatic nitrogens is 2. The molecule has 4 rings (SSSR count). The number of nitrogens with zero attached hydrogens (tertiary/aromatic N) is 3. The number of hydrogen-bond donors (Lipinski definition) is 2. The molecule has 8 nitrogen and oxygen atoms in total. The molecule has 0 bridgehead atoms. The lowest BCUT2D eigenvalue weighted by Crippen LogP contribution is -2.13. The first kappa shape index (κ1) is 24.0. The van der Waals surface area contributed by atoms with E-state index in [2.05, 4.69) is 20.6 Å². The van der Waals surface area contributed by atoms with Crippen LogP contribution in [0.15, 0.2) is 54.9 Å². The van der Waals surface area contributed by atoms with Gasteiger partial charge in [0.25, 0.3) is 0 Å². The zero-order valence-corrected chi connectivity index (χ0v) is 19.9. The van der Waals surface area contributed by atoms with Gasteiger partial charge >= 0.3 is 0 Å². The number of amides is 1. The zero-order valence-electron chi connectivity index (χ0n) is 19.1. The highest BCUT2D eigenvalue weighted by molar-refractivity contribution is 6.31. The Balaban J connectivity index is 1.51. The zero-order chi connectivity index (χ0) is 24.6. The molecule has 1 fully saturated rings. The Kier molecular flexibility index (Phi) is 7.81. The van der Waals surface area contributed by atoms with E-state index in [0.29, 0.717) is 39.4 Å². The SMILES string of the molecule is COc1cccc(C=CC(=O)Nc2cc(Cl)cnc2Nc2ccc(C#N)cn2)c1OC1CCCC1. The summed E-state index contributed by atoms with van der Waals surface area (Å²) >= 11 is 6.11. The van der Waals surface area contributed by atoms with Crippen molar-refractivity contribution < 1.29 is 14.3 Å². The minimum atomic E-state index is -0.375. The molecule has 1 aliphatic carbocycles. The molecule has 0 saturated heterocycles. The molecule has 0 spiro atoms. The van der Waals surface area contributed by atoms with Crippen molar-refractivity contribution in [3.8, 4) is 17.6 Å². The predicted octanol–water partition coefficient (Wildman–Crippen LogP) is 5.73. The van der Waals surface area contributed by atoms with E-state index in [1.54, 1.807) is 31.4 Å². The maximum absolute atomic E-state index is 12.8. The van der Waals surface area contributed by atoms with Crippen LogP contribution in [0.1, 0.15) is 36.8 Å². The van der Waals surface area contributed by atoms with Gasteiger partial charge in [0.05, 0.1) is 29.5 Å². The molecule has 0 radical (unpaired) electrons. The Hall–Kier alpha value is -4.09. The molecule has 0 atom stereocenters. The molecule has 178 valence electrons. The van der Waals surface area contributed by atoms with Crippen molar-refractivity contribution >= 4 is 40.9 Å². The summed E-state index contributed by atoms with van der Waals surface area (Å²) in [5.41, 5.74) is 1.56. The number of para-hydroxylation sites is 1. The smallest absolute Gasteiger partial charge is 0.248 e. The van der Waals surface area contributed by atoms with Crippen LogP contribution in [-0.4, -0.2) is 29.1 Å². The van der Waals surface area contributed by atoms with Crippen molar-refractivity contribution in [1.82, 2.24) is 9.97 Å². The first-order chi connectivity index (χ1) is 17.1. The molecule has 1 aromatic carbocycles. The van der Waals surface area contributed by atoms with Crippen molar-refractivity contribution in [2.75, 3.05) is 17.7 Å². The van der Waals surface area contributed by atoms with Crippen molar-refractivity contribution in [2.45, 2.75) is 31.8 Å². The lowest BCUT2D eigenvalue weighted by Gasteiger charge is -2.18. The number of pyridine rings is 2. The van der Waals surface area contributed by atoms with E-state index in [1.165, 1.54) is 18.5 Å². The minimum absolute atomic E-state index is 0.147. The molecule has 1 amide bonds. The molecule has 1 saturated carbocycles. The Morgan fingerprint density at radius 2 is 2.03 bits per heavy atom. The van der Waals surface area contributed by atoms with Gasteiger partial charge in [-0.1, -0.05) is 23.7 Å². The Morgan fingerprint density at radius 3 is 2.74 bits per heavy atom. The number of halogens is 1.